The molecule has 0 aromatic heterocycles. The van der Waals surface area contributed by atoms with E-state index in [1.165, 1.54) is 12.1 Å². The minimum Gasteiger partial charge on any atom is -0.858 e. The molecule has 2 aromatic rings. The summed E-state index contributed by atoms with van der Waals surface area (Å²) in [6.07, 6.45) is 1.34. The van der Waals surface area contributed by atoms with Gasteiger partial charge in [0.05, 0.1) is 5.41 Å². The van der Waals surface area contributed by atoms with Gasteiger partial charge in [-0.1, -0.05) is 46.3 Å². The SMILES string of the molecule is O=S(=O)(/C=C/c1ccccc1)/N=C(\[O-])c1ccc(F)cc1Br.[Na+]. The van der Waals surface area contributed by atoms with Gasteiger partial charge in [-0.3, -0.25) is 0 Å². The van der Waals surface area contributed by atoms with Crippen LogP contribution in [0.25, 0.3) is 6.08 Å². The van der Waals surface area contributed by atoms with E-state index in [4.69, 9.17) is 0 Å². The van der Waals surface area contributed by atoms with Crippen molar-refractivity contribution >= 4 is 37.9 Å². The molecule has 0 amide bonds. The van der Waals surface area contributed by atoms with Crippen LogP contribution >= 0.6 is 15.9 Å². The average Bonchev–Trinajstić information content (AvgIpc) is 2.45. The molecule has 0 N–H and O–H groups in total. The Balaban J connectivity index is 0.00000264. The minimum absolute atomic E-state index is 0. The molecule has 0 spiro atoms. The van der Waals surface area contributed by atoms with Crippen LogP contribution in [0.3, 0.4) is 0 Å². The Morgan fingerprint density at radius 2 is 1.83 bits per heavy atom. The molecule has 0 fully saturated rings. The fraction of sp³-hybridized carbons (Fsp3) is 0. The molecule has 0 aliphatic carbocycles. The van der Waals surface area contributed by atoms with Crippen LogP contribution in [-0.2, 0) is 10.0 Å². The molecule has 0 aliphatic heterocycles. The van der Waals surface area contributed by atoms with Crippen molar-refractivity contribution in [2.24, 2.45) is 4.40 Å². The van der Waals surface area contributed by atoms with Crippen LogP contribution in [-0.4, -0.2) is 14.3 Å². The third-order valence-electron chi connectivity index (χ3n) is 2.60. The topological polar surface area (TPSA) is 69.6 Å². The van der Waals surface area contributed by atoms with Crippen LogP contribution in [0.2, 0.25) is 0 Å². The molecule has 2 rings (SSSR count). The van der Waals surface area contributed by atoms with Crippen molar-refractivity contribution in [2.75, 3.05) is 0 Å². The van der Waals surface area contributed by atoms with Gasteiger partial charge in [-0.25, -0.2) is 4.39 Å². The van der Waals surface area contributed by atoms with E-state index in [9.17, 15) is 17.9 Å². The van der Waals surface area contributed by atoms with E-state index in [0.717, 1.165) is 17.5 Å². The number of hydrogen-bond donors (Lipinski definition) is 0. The van der Waals surface area contributed by atoms with Crippen molar-refractivity contribution in [2.45, 2.75) is 0 Å². The number of sulfonamides is 1. The summed E-state index contributed by atoms with van der Waals surface area (Å²) in [5.74, 6) is -1.51. The summed E-state index contributed by atoms with van der Waals surface area (Å²) < 4.78 is 39.9. The van der Waals surface area contributed by atoms with Gasteiger partial charge in [0, 0.05) is 15.9 Å². The molecule has 4 nitrogen and oxygen atoms in total. The molecule has 8 heteroatoms. The van der Waals surface area contributed by atoms with E-state index in [0.29, 0.717) is 5.56 Å². The molecule has 0 saturated heterocycles. The third kappa shape index (κ3) is 6.19. The van der Waals surface area contributed by atoms with E-state index in [1.54, 1.807) is 30.3 Å². The normalized spacial score (nSPS) is 12.2. The maximum atomic E-state index is 13.0. The second kappa shape index (κ2) is 8.75. The largest absolute Gasteiger partial charge is 1.00 e. The van der Waals surface area contributed by atoms with Gasteiger partial charge >= 0.3 is 29.6 Å². The number of nitrogens with zero attached hydrogens (tertiary/aromatic N) is 1. The first kappa shape index (κ1) is 20.1. The monoisotopic (exact) mass is 405 g/mol. The molecule has 0 aliphatic rings. The summed E-state index contributed by atoms with van der Waals surface area (Å²) in [5, 5.41) is 12.7. The molecule has 114 valence electrons. The Labute approximate surface area is 164 Å². The first-order valence-corrected chi connectivity index (χ1v) is 8.37. The molecular weight excluding hydrogens is 396 g/mol. The molecule has 0 bridgehead atoms. The van der Waals surface area contributed by atoms with Gasteiger partial charge < -0.3 is 5.11 Å². The van der Waals surface area contributed by atoms with Crippen molar-refractivity contribution in [3.05, 3.63) is 75.4 Å². The van der Waals surface area contributed by atoms with Crippen LogP contribution in [0.5, 0.6) is 0 Å². The third-order valence-corrected chi connectivity index (χ3v) is 4.16. The molecule has 0 atom stereocenters. The fourth-order valence-electron chi connectivity index (χ4n) is 1.59. The minimum atomic E-state index is -4.07. The van der Waals surface area contributed by atoms with Crippen molar-refractivity contribution in [1.29, 1.82) is 0 Å². The molecule has 0 radical (unpaired) electrons. The van der Waals surface area contributed by atoms with Crippen LogP contribution < -0.4 is 34.7 Å². The Bertz CT molecular complexity index is 839. The van der Waals surface area contributed by atoms with Crippen molar-refractivity contribution in [3.8, 4) is 0 Å². The van der Waals surface area contributed by atoms with Gasteiger partial charge in [0.1, 0.15) is 5.82 Å². The molecule has 0 heterocycles. The zero-order valence-electron chi connectivity index (χ0n) is 12.1. The molecule has 0 saturated carbocycles. The summed E-state index contributed by atoms with van der Waals surface area (Å²) in [6.45, 7) is 0. The van der Waals surface area contributed by atoms with Crippen LogP contribution in [0, 0.1) is 5.82 Å². The van der Waals surface area contributed by atoms with Gasteiger partial charge in [-0.15, -0.1) is 0 Å². The zero-order valence-corrected chi connectivity index (χ0v) is 16.5. The Hall–Kier alpha value is -0.990. The van der Waals surface area contributed by atoms with Gasteiger partial charge in [0.15, 0.2) is 0 Å². The standard InChI is InChI=1S/C15H11BrFNO3S.Na/c16-14-10-12(17)6-7-13(14)15(19)18-22(20,21)9-8-11-4-2-1-3-5-11;/h1-10H,(H,18,19);/q;+1/p-1/b9-8+;. The first-order valence-electron chi connectivity index (χ1n) is 6.08. The van der Waals surface area contributed by atoms with E-state index in [2.05, 4.69) is 20.3 Å². The first-order chi connectivity index (χ1) is 10.4. The fourth-order valence-corrected chi connectivity index (χ4v) is 2.83. The van der Waals surface area contributed by atoms with Crippen LogP contribution in [0.1, 0.15) is 11.1 Å². The predicted molar refractivity (Wildman–Crippen MR) is 85.0 cm³/mol. The van der Waals surface area contributed by atoms with Gasteiger partial charge in [-0.05, 0) is 29.8 Å². The van der Waals surface area contributed by atoms with Gasteiger partial charge in [-0.2, -0.15) is 12.8 Å². The van der Waals surface area contributed by atoms with E-state index < -0.39 is 21.7 Å². The van der Waals surface area contributed by atoms with E-state index in [-0.39, 0.29) is 39.6 Å². The van der Waals surface area contributed by atoms with Crippen molar-refractivity contribution in [1.82, 2.24) is 0 Å². The summed E-state index contributed by atoms with van der Waals surface area (Å²) in [7, 11) is -4.07. The van der Waals surface area contributed by atoms with Crippen LogP contribution in [0.4, 0.5) is 4.39 Å². The summed E-state index contributed by atoms with van der Waals surface area (Å²) in [5.41, 5.74) is 0.634. The molecular formula is C15H10BrFNNaO3S. The Morgan fingerprint density at radius 3 is 2.43 bits per heavy atom. The maximum Gasteiger partial charge on any atom is 1.00 e. The van der Waals surface area contributed by atoms with Gasteiger partial charge in [0.2, 0.25) is 0 Å². The Morgan fingerprint density at radius 1 is 1.17 bits per heavy atom. The smallest absolute Gasteiger partial charge is 0.858 e. The van der Waals surface area contributed by atoms with Crippen LogP contribution in [0.15, 0.2) is 62.8 Å². The molecule has 0 unspecified atom stereocenters. The number of hydrogen-bond acceptors (Lipinski definition) is 3. The summed E-state index contributed by atoms with van der Waals surface area (Å²) >= 11 is 3.00. The van der Waals surface area contributed by atoms with E-state index >= 15 is 0 Å². The summed E-state index contributed by atoms with van der Waals surface area (Å²) in [4.78, 5) is 0. The van der Waals surface area contributed by atoms with E-state index in [1.807, 2.05) is 0 Å². The van der Waals surface area contributed by atoms with Crippen molar-refractivity contribution < 1.29 is 47.5 Å². The molecule has 2 aromatic carbocycles. The predicted octanol–water partition coefficient (Wildman–Crippen LogP) is -0.300. The zero-order chi connectivity index (χ0) is 16.2. The maximum absolute atomic E-state index is 13.0. The van der Waals surface area contributed by atoms with Gasteiger partial charge in [0.25, 0.3) is 10.0 Å². The van der Waals surface area contributed by atoms with Crippen molar-refractivity contribution in [3.63, 3.8) is 0 Å². The number of benzene rings is 2. The quantitative estimate of drug-likeness (QED) is 0.398. The number of halogens is 2. The average molecular weight is 406 g/mol. The Kier molecular flexibility index (Phi) is 7.63. The number of rotatable bonds is 4. The molecule has 23 heavy (non-hydrogen) atoms. The second-order valence-corrected chi connectivity index (χ2v) is 6.59. The second-order valence-electron chi connectivity index (χ2n) is 4.25. The summed E-state index contributed by atoms with van der Waals surface area (Å²) in [6, 6.07) is 12.0.